The zero-order valence-corrected chi connectivity index (χ0v) is 33.4. The highest BCUT2D eigenvalue weighted by Gasteiger charge is 2.12. The first-order valence-corrected chi connectivity index (χ1v) is 20.9. The summed E-state index contributed by atoms with van der Waals surface area (Å²) in [4.78, 5) is 0. The molecule has 0 amide bonds. The minimum Gasteiger partial charge on any atom is -0.493 e. The zero-order valence-electron chi connectivity index (χ0n) is 33.4. The summed E-state index contributed by atoms with van der Waals surface area (Å²) in [5.41, 5.74) is 6.50. The van der Waals surface area contributed by atoms with Crippen molar-refractivity contribution in [2.75, 3.05) is 31.7 Å². The van der Waals surface area contributed by atoms with Gasteiger partial charge in [0.05, 0.1) is 26.4 Å². The molecule has 0 saturated heterocycles. The molecule has 5 nitrogen and oxygen atoms in total. The second kappa shape index (κ2) is 25.0. The van der Waals surface area contributed by atoms with Crippen LogP contribution in [-0.4, -0.2) is 26.4 Å². The van der Waals surface area contributed by atoms with Crippen LogP contribution in [0.3, 0.4) is 0 Å². The molecule has 0 unspecified atom stereocenters. The van der Waals surface area contributed by atoms with E-state index in [-0.39, 0.29) is 0 Å². The zero-order chi connectivity index (χ0) is 37.4. The first kappa shape index (κ1) is 41.6. The van der Waals surface area contributed by atoms with E-state index in [1.54, 1.807) is 0 Å². The Hall–Kier alpha value is -4.12. The molecular formula is C48H67NO4. The highest BCUT2D eigenvalue weighted by Crippen LogP contribution is 2.37. The Balaban J connectivity index is 1.42. The summed E-state index contributed by atoms with van der Waals surface area (Å²) in [6.45, 7) is 11.9. The lowest BCUT2D eigenvalue weighted by atomic mass is 10.0. The van der Waals surface area contributed by atoms with E-state index >= 15 is 0 Å². The predicted octanol–water partition coefficient (Wildman–Crippen LogP) is 14.6. The van der Waals surface area contributed by atoms with Crippen molar-refractivity contribution in [2.45, 2.75) is 130 Å². The largest absolute Gasteiger partial charge is 0.493 e. The molecule has 0 aromatic heterocycles. The lowest BCUT2D eigenvalue weighted by Crippen LogP contribution is -2.01. The Morgan fingerprint density at radius 1 is 0.358 bits per heavy atom. The van der Waals surface area contributed by atoms with Crippen LogP contribution in [0.25, 0.3) is 22.3 Å². The Morgan fingerprint density at radius 3 is 1.04 bits per heavy atom. The van der Waals surface area contributed by atoms with E-state index in [1.807, 2.05) is 0 Å². The molecule has 0 spiro atoms. The molecular weight excluding hydrogens is 655 g/mol. The molecule has 53 heavy (non-hydrogen) atoms. The van der Waals surface area contributed by atoms with Crippen LogP contribution in [0.4, 0.5) is 11.4 Å². The molecule has 1 N–H and O–H groups in total. The third-order valence-electron chi connectivity index (χ3n) is 9.63. The molecule has 4 aromatic carbocycles. The number of nitrogens with one attached hydrogen (secondary N) is 1. The van der Waals surface area contributed by atoms with Gasteiger partial charge < -0.3 is 24.3 Å². The van der Waals surface area contributed by atoms with Crippen LogP contribution in [0.1, 0.15) is 130 Å². The van der Waals surface area contributed by atoms with Gasteiger partial charge in [-0.15, -0.1) is 0 Å². The fraction of sp³-hybridized carbons (Fsp3) is 0.500. The third-order valence-corrected chi connectivity index (χ3v) is 9.63. The van der Waals surface area contributed by atoms with Gasteiger partial charge in [-0.25, -0.2) is 0 Å². The molecule has 0 fully saturated rings. The van der Waals surface area contributed by atoms with Crippen molar-refractivity contribution in [3.8, 4) is 45.3 Å². The Kier molecular flexibility index (Phi) is 19.6. The normalized spacial score (nSPS) is 11.0. The topological polar surface area (TPSA) is 49.0 Å². The molecule has 0 bridgehead atoms. The second-order valence-electron chi connectivity index (χ2n) is 14.2. The van der Waals surface area contributed by atoms with Gasteiger partial charge in [0.2, 0.25) is 0 Å². The van der Waals surface area contributed by atoms with Gasteiger partial charge in [0.1, 0.15) is 23.0 Å². The van der Waals surface area contributed by atoms with Crippen molar-refractivity contribution in [1.82, 2.24) is 0 Å². The van der Waals surface area contributed by atoms with Crippen LogP contribution < -0.4 is 24.3 Å². The van der Waals surface area contributed by atoms with Crippen LogP contribution >= 0.6 is 0 Å². The van der Waals surface area contributed by atoms with Gasteiger partial charge in [0, 0.05) is 34.6 Å². The number of hydrogen-bond acceptors (Lipinski definition) is 5. The summed E-state index contributed by atoms with van der Waals surface area (Å²) in [5, 5.41) is 3.59. The highest BCUT2D eigenvalue weighted by molar-refractivity contribution is 5.76. The first-order chi connectivity index (χ1) is 26.1. The lowest BCUT2D eigenvalue weighted by Gasteiger charge is -2.16. The summed E-state index contributed by atoms with van der Waals surface area (Å²) in [6.07, 6.45) is 19.0. The fourth-order valence-electron chi connectivity index (χ4n) is 6.39. The van der Waals surface area contributed by atoms with E-state index in [2.05, 4.69) is 118 Å². The summed E-state index contributed by atoms with van der Waals surface area (Å²) in [6, 6.07) is 29.8. The Morgan fingerprint density at radius 2 is 0.698 bits per heavy atom. The number of hydrogen-bond donors (Lipinski definition) is 1. The van der Waals surface area contributed by atoms with Crippen molar-refractivity contribution in [2.24, 2.45) is 0 Å². The average Bonchev–Trinajstić information content (AvgIpc) is 3.18. The smallest absolute Gasteiger partial charge is 0.130 e. The Bertz CT molecular complexity index is 1430. The number of anilines is 2. The molecule has 4 aromatic rings. The monoisotopic (exact) mass is 722 g/mol. The molecule has 0 saturated carbocycles. The average molecular weight is 722 g/mol. The van der Waals surface area contributed by atoms with Gasteiger partial charge in [-0.1, -0.05) is 129 Å². The van der Waals surface area contributed by atoms with E-state index in [1.165, 1.54) is 77.0 Å². The maximum absolute atomic E-state index is 6.37. The van der Waals surface area contributed by atoms with E-state index in [0.717, 1.165) is 95.5 Å². The molecule has 0 atom stereocenters. The van der Waals surface area contributed by atoms with Gasteiger partial charge in [-0.05, 0) is 85.3 Å². The van der Waals surface area contributed by atoms with Crippen LogP contribution in [0.15, 0.2) is 84.9 Å². The predicted molar refractivity (Wildman–Crippen MR) is 226 cm³/mol. The summed E-state index contributed by atoms with van der Waals surface area (Å²) in [7, 11) is 0. The molecule has 0 aliphatic carbocycles. The highest BCUT2D eigenvalue weighted by atomic mass is 16.5. The van der Waals surface area contributed by atoms with Gasteiger partial charge in [-0.2, -0.15) is 0 Å². The molecule has 5 heteroatoms. The van der Waals surface area contributed by atoms with Crippen molar-refractivity contribution in [3.05, 3.63) is 84.9 Å². The number of benzene rings is 4. The van der Waals surface area contributed by atoms with Crippen LogP contribution in [0.2, 0.25) is 0 Å². The summed E-state index contributed by atoms with van der Waals surface area (Å²) in [5.74, 6) is 3.53. The second-order valence-corrected chi connectivity index (χ2v) is 14.2. The molecule has 4 rings (SSSR count). The minimum atomic E-state index is 0.714. The Labute approximate surface area is 321 Å². The maximum Gasteiger partial charge on any atom is 0.130 e. The standard InChI is InChI=1S/C48H67NO4/c1-5-9-13-17-33-50-43-29-31-45(47(37-43)52-35-19-15-11-7-3)39-21-25-41(26-22-39)49-42-27-23-40(24-28-42)46-32-30-44(51-34-18-14-10-6-2)38-48(46)53-36-20-16-12-8-4/h21-32,37-38,49H,5-20,33-36H2,1-4H3. The van der Waals surface area contributed by atoms with Gasteiger partial charge in [-0.3, -0.25) is 0 Å². The van der Waals surface area contributed by atoms with Gasteiger partial charge in [0.25, 0.3) is 0 Å². The fourth-order valence-corrected chi connectivity index (χ4v) is 6.39. The molecule has 288 valence electrons. The number of unbranched alkanes of at least 4 members (excludes halogenated alkanes) is 12. The molecule has 0 aliphatic rings. The molecule has 0 radical (unpaired) electrons. The summed E-state index contributed by atoms with van der Waals surface area (Å²) < 4.78 is 25.0. The van der Waals surface area contributed by atoms with E-state index in [0.29, 0.717) is 13.2 Å². The van der Waals surface area contributed by atoms with Crippen molar-refractivity contribution in [3.63, 3.8) is 0 Å². The van der Waals surface area contributed by atoms with Crippen LogP contribution in [-0.2, 0) is 0 Å². The van der Waals surface area contributed by atoms with E-state index < -0.39 is 0 Å². The van der Waals surface area contributed by atoms with Gasteiger partial charge >= 0.3 is 0 Å². The minimum absolute atomic E-state index is 0.714. The number of rotatable bonds is 28. The third kappa shape index (κ3) is 15.0. The van der Waals surface area contributed by atoms with E-state index in [4.69, 9.17) is 18.9 Å². The van der Waals surface area contributed by atoms with Crippen LogP contribution in [0.5, 0.6) is 23.0 Å². The quantitative estimate of drug-likeness (QED) is 0.0592. The summed E-state index contributed by atoms with van der Waals surface area (Å²) >= 11 is 0. The van der Waals surface area contributed by atoms with Gasteiger partial charge in [0.15, 0.2) is 0 Å². The first-order valence-electron chi connectivity index (χ1n) is 20.9. The molecule has 0 aliphatic heterocycles. The van der Waals surface area contributed by atoms with E-state index in [9.17, 15) is 0 Å². The van der Waals surface area contributed by atoms with Crippen molar-refractivity contribution in [1.29, 1.82) is 0 Å². The van der Waals surface area contributed by atoms with Crippen molar-refractivity contribution >= 4 is 11.4 Å². The maximum atomic E-state index is 6.37. The van der Waals surface area contributed by atoms with Crippen LogP contribution in [0, 0.1) is 0 Å². The number of ether oxygens (including phenoxy) is 4. The SMILES string of the molecule is CCCCCCOc1ccc(-c2ccc(Nc3ccc(-c4ccc(OCCCCCC)cc4OCCCCCC)cc3)cc2)c(OCCCCCC)c1. The molecule has 0 heterocycles. The van der Waals surface area contributed by atoms with Crippen molar-refractivity contribution < 1.29 is 18.9 Å². The lowest BCUT2D eigenvalue weighted by molar-refractivity contribution is 0.291.